The van der Waals surface area contributed by atoms with E-state index in [-0.39, 0.29) is 5.91 Å². The van der Waals surface area contributed by atoms with Crippen LogP contribution in [-0.2, 0) is 6.54 Å². The number of anilines is 1. The van der Waals surface area contributed by atoms with Gasteiger partial charge in [0.2, 0.25) is 0 Å². The molecule has 5 heteroatoms. The first-order valence-corrected chi connectivity index (χ1v) is 9.38. The molecule has 2 N–H and O–H groups in total. The third kappa shape index (κ3) is 4.97. The summed E-state index contributed by atoms with van der Waals surface area (Å²) in [5.74, 6) is 0.641. The Bertz CT molecular complexity index is 725. The number of nitrogens with one attached hydrogen (secondary N) is 2. The van der Waals surface area contributed by atoms with E-state index in [1.165, 1.54) is 38.5 Å². The molecule has 0 unspecified atom stereocenters. The molecule has 1 saturated carbocycles. The Labute approximate surface area is 155 Å². The van der Waals surface area contributed by atoms with Gasteiger partial charge in [0, 0.05) is 30.5 Å². The number of ether oxygens (including phenoxy) is 1. The van der Waals surface area contributed by atoms with Gasteiger partial charge in [-0.25, -0.2) is 0 Å². The molecular weight excluding hydrogens is 326 g/mol. The molecule has 1 amide bonds. The van der Waals surface area contributed by atoms with Crippen LogP contribution in [0.25, 0.3) is 0 Å². The second-order valence-electron chi connectivity index (χ2n) is 6.79. The van der Waals surface area contributed by atoms with Gasteiger partial charge in [0.25, 0.3) is 5.91 Å². The number of para-hydroxylation sites is 1. The van der Waals surface area contributed by atoms with Crippen molar-refractivity contribution in [1.29, 1.82) is 0 Å². The van der Waals surface area contributed by atoms with Crippen molar-refractivity contribution in [2.75, 3.05) is 12.4 Å². The first-order valence-electron chi connectivity index (χ1n) is 9.38. The monoisotopic (exact) mass is 353 g/mol. The molecular formula is C21H27N3O2. The van der Waals surface area contributed by atoms with Gasteiger partial charge >= 0.3 is 0 Å². The number of aromatic nitrogens is 1. The molecule has 1 aliphatic rings. The second kappa shape index (κ2) is 9.22. The minimum atomic E-state index is -0.132. The fourth-order valence-electron chi connectivity index (χ4n) is 3.43. The smallest absolute Gasteiger partial charge is 0.253 e. The first kappa shape index (κ1) is 18.2. The topological polar surface area (TPSA) is 63.2 Å². The first-order chi connectivity index (χ1) is 12.8. The van der Waals surface area contributed by atoms with Crippen molar-refractivity contribution in [3.63, 3.8) is 0 Å². The van der Waals surface area contributed by atoms with E-state index in [0.29, 0.717) is 18.2 Å². The van der Waals surface area contributed by atoms with Gasteiger partial charge in [0.15, 0.2) is 0 Å². The minimum Gasteiger partial charge on any atom is -0.496 e. The Hall–Kier alpha value is -2.56. The third-order valence-electron chi connectivity index (χ3n) is 4.86. The van der Waals surface area contributed by atoms with E-state index >= 15 is 0 Å². The summed E-state index contributed by atoms with van der Waals surface area (Å²) < 4.78 is 5.32. The van der Waals surface area contributed by atoms with E-state index in [1.807, 2.05) is 30.3 Å². The van der Waals surface area contributed by atoms with E-state index in [0.717, 1.165) is 17.0 Å². The molecule has 1 heterocycles. The van der Waals surface area contributed by atoms with E-state index in [4.69, 9.17) is 4.74 Å². The average Bonchev–Trinajstić information content (AvgIpc) is 2.95. The maximum atomic E-state index is 12.5. The summed E-state index contributed by atoms with van der Waals surface area (Å²) >= 11 is 0. The highest BCUT2D eigenvalue weighted by Gasteiger charge is 2.13. The summed E-state index contributed by atoms with van der Waals surface area (Å²) in [6.45, 7) is 0.420. The lowest BCUT2D eigenvalue weighted by Crippen LogP contribution is -2.24. The van der Waals surface area contributed by atoms with Crippen LogP contribution in [0.15, 0.2) is 42.7 Å². The zero-order valence-corrected chi connectivity index (χ0v) is 15.3. The van der Waals surface area contributed by atoms with Crippen molar-refractivity contribution in [2.45, 2.75) is 51.1 Å². The Balaban J connectivity index is 1.60. The zero-order chi connectivity index (χ0) is 18.2. The molecule has 1 aromatic carbocycles. The number of pyridine rings is 1. The molecule has 1 aromatic heterocycles. The van der Waals surface area contributed by atoms with Gasteiger partial charge in [0.05, 0.1) is 18.4 Å². The van der Waals surface area contributed by atoms with Crippen molar-refractivity contribution < 1.29 is 9.53 Å². The molecule has 1 aliphatic carbocycles. The van der Waals surface area contributed by atoms with Gasteiger partial charge in [-0.05, 0) is 25.0 Å². The molecule has 0 saturated heterocycles. The normalized spacial score (nSPS) is 15.1. The maximum Gasteiger partial charge on any atom is 0.253 e. The van der Waals surface area contributed by atoms with E-state index in [2.05, 4.69) is 15.6 Å². The molecule has 5 nitrogen and oxygen atoms in total. The highest BCUT2D eigenvalue weighted by Crippen LogP contribution is 2.21. The fourth-order valence-corrected chi connectivity index (χ4v) is 3.43. The average molecular weight is 353 g/mol. The van der Waals surface area contributed by atoms with Crippen LogP contribution < -0.4 is 15.4 Å². The number of carbonyl (C=O) groups is 1. The number of hydrogen-bond donors (Lipinski definition) is 2. The fraction of sp³-hybridized carbons (Fsp3) is 0.429. The molecule has 26 heavy (non-hydrogen) atoms. The summed E-state index contributed by atoms with van der Waals surface area (Å²) in [7, 11) is 1.63. The van der Waals surface area contributed by atoms with Crippen LogP contribution in [0.1, 0.15) is 54.4 Å². The van der Waals surface area contributed by atoms with Gasteiger partial charge in [-0.2, -0.15) is 0 Å². The van der Waals surface area contributed by atoms with Crippen molar-refractivity contribution >= 4 is 11.6 Å². The lowest BCUT2D eigenvalue weighted by atomic mass is 10.1. The number of methoxy groups -OCH3 is 1. The van der Waals surface area contributed by atoms with Crippen molar-refractivity contribution in [1.82, 2.24) is 10.3 Å². The zero-order valence-electron chi connectivity index (χ0n) is 15.3. The second-order valence-corrected chi connectivity index (χ2v) is 6.79. The summed E-state index contributed by atoms with van der Waals surface area (Å²) in [5.41, 5.74) is 2.43. The van der Waals surface area contributed by atoms with Crippen LogP contribution in [0, 0.1) is 0 Å². The molecule has 1 fully saturated rings. The lowest BCUT2D eigenvalue weighted by Gasteiger charge is -2.17. The summed E-state index contributed by atoms with van der Waals surface area (Å²) in [5, 5.41) is 6.49. The SMILES string of the molecule is COc1ccccc1CNC(=O)c1cncc(NC2CCCCCC2)c1. The Morgan fingerprint density at radius 2 is 1.92 bits per heavy atom. The lowest BCUT2D eigenvalue weighted by molar-refractivity contribution is 0.0950. The largest absolute Gasteiger partial charge is 0.496 e. The van der Waals surface area contributed by atoms with Crippen LogP contribution in [0.3, 0.4) is 0 Å². The third-order valence-corrected chi connectivity index (χ3v) is 4.86. The van der Waals surface area contributed by atoms with Crippen molar-refractivity contribution in [3.05, 3.63) is 53.9 Å². The highest BCUT2D eigenvalue weighted by atomic mass is 16.5. The molecule has 3 rings (SSSR count). The molecule has 0 spiro atoms. The molecule has 0 atom stereocenters. The van der Waals surface area contributed by atoms with Crippen LogP contribution in [0.2, 0.25) is 0 Å². The Kier molecular flexibility index (Phi) is 6.47. The van der Waals surface area contributed by atoms with Crippen LogP contribution in [0.5, 0.6) is 5.75 Å². The molecule has 138 valence electrons. The van der Waals surface area contributed by atoms with Crippen molar-refractivity contribution in [2.24, 2.45) is 0 Å². The van der Waals surface area contributed by atoms with Gasteiger partial charge in [-0.15, -0.1) is 0 Å². The summed E-state index contributed by atoms with van der Waals surface area (Å²) in [6.07, 6.45) is 10.9. The van der Waals surface area contributed by atoms with Crippen LogP contribution >= 0.6 is 0 Å². The van der Waals surface area contributed by atoms with E-state index in [9.17, 15) is 4.79 Å². The quantitative estimate of drug-likeness (QED) is 0.766. The summed E-state index contributed by atoms with van der Waals surface area (Å²) in [4.78, 5) is 16.7. The Morgan fingerprint density at radius 3 is 2.69 bits per heavy atom. The van der Waals surface area contributed by atoms with E-state index in [1.54, 1.807) is 19.5 Å². The number of benzene rings is 1. The number of carbonyl (C=O) groups excluding carboxylic acids is 1. The summed E-state index contributed by atoms with van der Waals surface area (Å²) in [6, 6.07) is 10.0. The number of hydrogen-bond acceptors (Lipinski definition) is 4. The van der Waals surface area contributed by atoms with Gasteiger partial charge < -0.3 is 15.4 Å². The predicted octanol–water partition coefficient (Wildman–Crippen LogP) is 4.15. The van der Waals surface area contributed by atoms with Crippen LogP contribution in [0.4, 0.5) is 5.69 Å². The molecule has 0 bridgehead atoms. The highest BCUT2D eigenvalue weighted by molar-refractivity contribution is 5.94. The van der Waals surface area contributed by atoms with E-state index < -0.39 is 0 Å². The minimum absolute atomic E-state index is 0.132. The molecule has 0 radical (unpaired) electrons. The maximum absolute atomic E-state index is 12.5. The molecule has 0 aliphatic heterocycles. The van der Waals surface area contributed by atoms with Crippen LogP contribution in [-0.4, -0.2) is 24.0 Å². The van der Waals surface area contributed by atoms with Gasteiger partial charge in [-0.3, -0.25) is 9.78 Å². The number of nitrogens with zero attached hydrogens (tertiary/aromatic N) is 1. The molecule has 2 aromatic rings. The van der Waals surface area contributed by atoms with Gasteiger partial charge in [-0.1, -0.05) is 43.9 Å². The Morgan fingerprint density at radius 1 is 1.15 bits per heavy atom. The standard InChI is InChI=1S/C21H27N3O2/c1-26-20-11-7-6-8-16(20)14-23-21(25)17-12-19(15-22-13-17)24-18-9-4-2-3-5-10-18/h6-8,11-13,15,18,24H,2-5,9-10,14H2,1H3,(H,23,25). The van der Waals surface area contributed by atoms with Gasteiger partial charge in [0.1, 0.15) is 5.75 Å². The number of rotatable bonds is 6. The predicted molar refractivity (Wildman–Crippen MR) is 104 cm³/mol. The van der Waals surface area contributed by atoms with Crippen molar-refractivity contribution in [3.8, 4) is 5.75 Å². The number of amides is 1.